The molecule has 1 aliphatic carbocycles. The molecule has 2 fully saturated rings. The van der Waals surface area contributed by atoms with E-state index in [2.05, 4.69) is 30.6 Å². The molecule has 0 radical (unpaired) electrons. The molecule has 3 unspecified atom stereocenters. The van der Waals surface area contributed by atoms with Crippen LogP contribution in [0.4, 0.5) is 0 Å². The van der Waals surface area contributed by atoms with Crippen LogP contribution >= 0.6 is 0 Å². The Balaban J connectivity index is 1.07. The summed E-state index contributed by atoms with van der Waals surface area (Å²) in [5, 5.41) is 12.3. The zero-order chi connectivity index (χ0) is 26.2. The van der Waals surface area contributed by atoms with Gasteiger partial charge in [0.15, 0.2) is 0 Å². The molecule has 2 heterocycles. The number of piperazine rings is 1. The van der Waals surface area contributed by atoms with E-state index < -0.39 is 6.10 Å². The summed E-state index contributed by atoms with van der Waals surface area (Å²) < 4.78 is 6.13. The van der Waals surface area contributed by atoms with Crippen molar-refractivity contribution in [2.75, 3.05) is 52.4 Å². The van der Waals surface area contributed by atoms with E-state index >= 15 is 0 Å². The molecule has 3 aliphatic rings. The second kappa shape index (κ2) is 10.8. The standard InChI is InChI=1S/C30H41N3O4/c1-21-16-24(18-30(2,3)17-21)37-20-23(34)19-32-12-10-31(11-13-32)14-15-33-28(35)25-8-4-6-22-7-5-9-26(27(22)25)29(33)36/h4-9,21,23-24,34H,10-20H2,1-3H3. The zero-order valence-corrected chi connectivity index (χ0v) is 22.5. The van der Waals surface area contributed by atoms with Gasteiger partial charge in [-0.05, 0) is 48.1 Å². The summed E-state index contributed by atoms with van der Waals surface area (Å²) in [6.45, 7) is 12.4. The van der Waals surface area contributed by atoms with Gasteiger partial charge in [0.05, 0.1) is 18.8 Å². The van der Waals surface area contributed by atoms with Gasteiger partial charge in [-0.1, -0.05) is 45.0 Å². The Morgan fingerprint density at radius 2 is 1.57 bits per heavy atom. The number of carbonyl (C=O) groups is 2. The Kier molecular flexibility index (Phi) is 7.68. The van der Waals surface area contributed by atoms with E-state index in [0.29, 0.717) is 48.7 Å². The van der Waals surface area contributed by atoms with Crippen molar-refractivity contribution in [1.29, 1.82) is 0 Å². The number of aliphatic hydroxyl groups is 1. The van der Waals surface area contributed by atoms with Crippen molar-refractivity contribution in [3.63, 3.8) is 0 Å². The first-order valence-electron chi connectivity index (χ1n) is 13.8. The molecule has 2 aromatic rings. The number of hydrogen-bond donors (Lipinski definition) is 1. The van der Waals surface area contributed by atoms with Gasteiger partial charge in [0, 0.05) is 62.3 Å². The van der Waals surface area contributed by atoms with Crippen molar-refractivity contribution in [2.45, 2.75) is 52.2 Å². The number of β-amino-alcohol motifs (C(OH)–C–C–N with tert-alkyl or cyclic N) is 1. The second-order valence-corrected chi connectivity index (χ2v) is 12.1. The van der Waals surface area contributed by atoms with Crippen LogP contribution in [0.3, 0.4) is 0 Å². The first-order chi connectivity index (χ1) is 17.7. The fraction of sp³-hybridized carbons (Fsp3) is 0.600. The van der Waals surface area contributed by atoms with Gasteiger partial charge in [0.25, 0.3) is 11.8 Å². The summed E-state index contributed by atoms with van der Waals surface area (Å²) in [6.07, 6.45) is 3.13. The molecular weight excluding hydrogens is 466 g/mol. The maximum absolute atomic E-state index is 13.1. The lowest BCUT2D eigenvalue weighted by Gasteiger charge is -2.39. The molecule has 2 aromatic carbocycles. The van der Waals surface area contributed by atoms with E-state index in [-0.39, 0.29) is 17.9 Å². The quantitative estimate of drug-likeness (QED) is 0.550. The van der Waals surface area contributed by atoms with E-state index in [1.54, 1.807) is 0 Å². The number of ether oxygens (including phenoxy) is 1. The van der Waals surface area contributed by atoms with Crippen LogP contribution < -0.4 is 0 Å². The van der Waals surface area contributed by atoms with Gasteiger partial charge in [0.2, 0.25) is 0 Å². The lowest BCUT2D eigenvalue weighted by atomic mass is 9.71. The van der Waals surface area contributed by atoms with Gasteiger partial charge in [-0.15, -0.1) is 0 Å². The molecular formula is C30H41N3O4. The highest BCUT2D eigenvalue weighted by molar-refractivity contribution is 6.25. The first-order valence-corrected chi connectivity index (χ1v) is 13.8. The minimum Gasteiger partial charge on any atom is -0.389 e. The molecule has 5 rings (SSSR count). The van der Waals surface area contributed by atoms with Crippen LogP contribution in [-0.2, 0) is 4.74 Å². The Morgan fingerprint density at radius 1 is 0.946 bits per heavy atom. The van der Waals surface area contributed by atoms with Gasteiger partial charge >= 0.3 is 0 Å². The Bertz CT molecular complexity index is 1090. The fourth-order valence-corrected chi connectivity index (χ4v) is 6.70. The smallest absolute Gasteiger partial charge is 0.261 e. The Morgan fingerprint density at radius 3 is 2.19 bits per heavy atom. The number of hydrogen-bond acceptors (Lipinski definition) is 6. The van der Waals surface area contributed by atoms with E-state index in [1.807, 2.05) is 36.4 Å². The third kappa shape index (κ3) is 5.90. The van der Waals surface area contributed by atoms with Crippen LogP contribution in [0.2, 0.25) is 0 Å². The van der Waals surface area contributed by atoms with Crippen molar-refractivity contribution >= 4 is 22.6 Å². The molecule has 0 spiro atoms. The predicted octanol–water partition coefficient (Wildman–Crippen LogP) is 3.65. The van der Waals surface area contributed by atoms with Crippen LogP contribution in [0.5, 0.6) is 0 Å². The van der Waals surface area contributed by atoms with E-state index in [0.717, 1.165) is 49.8 Å². The number of aliphatic hydroxyl groups excluding tert-OH is 1. The van der Waals surface area contributed by atoms with Crippen LogP contribution in [0.1, 0.15) is 60.7 Å². The number of amides is 2. The molecule has 2 amide bonds. The molecule has 1 saturated carbocycles. The molecule has 2 aliphatic heterocycles. The third-order valence-corrected chi connectivity index (χ3v) is 8.30. The van der Waals surface area contributed by atoms with Crippen molar-refractivity contribution < 1.29 is 19.4 Å². The first kappa shape index (κ1) is 26.3. The maximum atomic E-state index is 13.1. The molecule has 1 saturated heterocycles. The van der Waals surface area contributed by atoms with Gasteiger partial charge in [-0.3, -0.25) is 24.3 Å². The van der Waals surface area contributed by atoms with Gasteiger partial charge in [0.1, 0.15) is 0 Å². The molecule has 7 heteroatoms. The van der Waals surface area contributed by atoms with Crippen molar-refractivity contribution in [3.8, 4) is 0 Å². The van der Waals surface area contributed by atoms with Crippen LogP contribution in [0.25, 0.3) is 10.8 Å². The number of carbonyl (C=O) groups excluding carboxylic acids is 2. The lowest BCUT2D eigenvalue weighted by molar-refractivity contribution is -0.0633. The number of benzene rings is 2. The molecule has 7 nitrogen and oxygen atoms in total. The number of imide groups is 1. The van der Waals surface area contributed by atoms with Crippen LogP contribution in [0.15, 0.2) is 36.4 Å². The summed E-state index contributed by atoms with van der Waals surface area (Å²) in [6, 6.07) is 11.3. The van der Waals surface area contributed by atoms with Crippen LogP contribution in [-0.4, -0.2) is 96.2 Å². The van der Waals surface area contributed by atoms with E-state index in [1.165, 1.54) is 11.3 Å². The molecule has 0 aromatic heterocycles. The summed E-state index contributed by atoms with van der Waals surface area (Å²) in [5.74, 6) is 0.261. The summed E-state index contributed by atoms with van der Waals surface area (Å²) in [4.78, 5) is 32.2. The molecule has 37 heavy (non-hydrogen) atoms. The monoisotopic (exact) mass is 507 g/mol. The minimum atomic E-state index is -0.488. The normalized spacial score (nSPS) is 25.6. The Hall–Kier alpha value is -2.32. The third-order valence-electron chi connectivity index (χ3n) is 8.30. The van der Waals surface area contributed by atoms with E-state index in [4.69, 9.17) is 4.74 Å². The Labute approximate surface area is 220 Å². The molecule has 0 bridgehead atoms. The van der Waals surface area contributed by atoms with E-state index in [9.17, 15) is 14.7 Å². The van der Waals surface area contributed by atoms with Crippen molar-refractivity contribution in [3.05, 3.63) is 47.5 Å². The van der Waals surface area contributed by atoms with Crippen LogP contribution in [0, 0.1) is 11.3 Å². The summed E-state index contributed by atoms with van der Waals surface area (Å²) in [7, 11) is 0. The molecule has 200 valence electrons. The molecule has 1 N–H and O–H groups in total. The highest BCUT2D eigenvalue weighted by atomic mass is 16.5. The largest absolute Gasteiger partial charge is 0.389 e. The van der Waals surface area contributed by atoms with Gasteiger partial charge < -0.3 is 9.84 Å². The zero-order valence-electron chi connectivity index (χ0n) is 22.5. The SMILES string of the molecule is CC1CC(OCC(O)CN2CCN(CCN3C(=O)c4cccc5cccc(c45)C3=O)CC2)CC(C)(C)C1. The molecule has 3 atom stereocenters. The fourth-order valence-electron chi connectivity index (χ4n) is 6.70. The predicted molar refractivity (Wildman–Crippen MR) is 145 cm³/mol. The number of nitrogens with zero attached hydrogens (tertiary/aromatic N) is 3. The topological polar surface area (TPSA) is 73.3 Å². The lowest BCUT2D eigenvalue weighted by Crippen LogP contribution is -2.51. The summed E-state index contributed by atoms with van der Waals surface area (Å²) >= 11 is 0. The van der Waals surface area contributed by atoms with Gasteiger partial charge in [-0.25, -0.2) is 0 Å². The minimum absolute atomic E-state index is 0.202. The number of rotatable bonds is 8. The average Bonchev–Trinajstić information content (AvgIpc) is 2.85. The average molecular weight is 508 g/mol. The van der Waals surface area contributed by atoms with Crippen molar-refractivity contribution in [2.24, 2.45) is 11.3 Å². The maximum Gasteiger partial charge on any atom is 0.261 e. The van der Waals surface area contributed by atoms with Gasteiger partial charge in [-0.2, -0.15) is 0 Å². The second-order valence-electron chi connectivity index (χ2n) is 12.1. The van der Waals surface area contributed by atoms with Crippen molar-refractivity contribution in [1.82, 2.24) is 14.7 Å². The highest BCUT2D eigenvalue weighted by Crippen LogP contribution is 2.39. The summed E-state index contributed by atoms with van der Waals surface area (Å²) in [5.41, 5.74) is 1.53. The highest BCUT2D eigenvalue weighted by Gasteiger charge is 2.34.